The molecular weight excluding hydrogens is 166 g/mol. The maximum atomic E-state index is 5.86. The molecule has 4 heteroatoms. The molecule has 0 saturated heterocycles. The van der Waals surface area contributed by atoms with Gasteiger partial charge in [0, 0.05) is 0 Å². The molecule has 1 atom stereocenters. The molecule has 0 saturated carbocycles. The summed E-state index contributed by atoms with van der Waals surface area (Å²) in [5, 5.41) is 3.50. The molecule has 2 rings (SSSR count). The van der Waals surface area contributed by atoms with Gasteiger partial charge in [0.2, 0.25) is 5.89 Å². The normalized spacial score (nSPS) is 12.7. The first-order valence-corrected chi connectivity index (χ1v) is 3.95. The smallest absolute Gasteiger partial charge is 0.247 e. The van der Waals surface area contributed by atoms with Gasteiger partial charge >= 0.3 is 0 Å². The standard InChI is InChI=1S/C9H9N3O/c10-8(9-11-6-12-13-9)7-4-2-1-3-5-7/h1-6,8H,10H2/t8-/m1/s1. The van der Waals surface area contributed by atoms with E-state index in [9.17, 15) is 0 Å². The Labute approximate surface area is 75.4 Å². The molecule has 1 aromatic carbocycles. The van der Waals surface area contributed by atoms with Crippen molar-refractivity contribution < 1.29 is 4.52 Å². The molecule has 0 unspecified atom stereocenters. The predicted molar refractivity (Wildman–Crippen MR) is 46.8 cm³/mol. The van der Waals surface area contributed by atoms with E-state index in [4.69, 9.17) is 10.3 Å². The Hall–Kier alpha value is -1.68. The van der Waals surface area contributed by atoms with Gasteiger partial charge in [-0.3, -0.25) is 0 Å². The first-order chi connectivity index (χ1) is 6.38. The molecule has 2 N–H and O–H groups in total. The van der Waals surface area contributed by atoms with Gasteiger partial charge in [0.15, 0.2) is 6.33 Å². The van der Waals surface area contributed by atoms with Crippen LogP contribution in [0, 0.1) is 0 Å². The largest absolute Gasteiger partial charge is 0.338 e. The lowest BCUT2D eigenvalue weighted by atomic mass is 10.1. The van der Waals surface area contributed by atoms with Crippen LogP contribution in [0.25, 0.3) is 0 Å². The average molecular weight is 175 g/mol. The first kappa shape index (κ1) is 7.94. The van der Waals surface area contributed by atoms with E-state index in [1.54, 1.807) is 0 Å². The van der Waals surface area contributed by atoms with Gasteiger partial charge in [0.25, 0.3) is 0 Å². The molecule has 1 aromatic heterocycles. The Morgan fingerprint density at radius 2 is 2.00 bits per heavy atom. The summed E-state index contributed by atoms with van der Waals surface area (Å²) in [5.74, 6) is 0.436. The van der Waals surface area contributed by atoms with Gasteiger partial charge in [-0.25, -0.2) is 0 Å². The first-order valence-electron chi connectivity index (χ1n) is 3.95. The topological polar surface area (TPSA) is 64.9 Å². The molecule has 0 aliphatic rings. The van der Waals surface area contributed by atoms with Crippen LogP contribution < -0.4 is 5.73 Å². The SMILES string of the molecule is N[C@H](c1ccccc1)c1ncno1. The Bertz CT molecular complexity index is 358. The molecule has 13 heavy (non-hydrogen) atoms. The van der Waals surface area contributed by atoms with Crippen LogP contribution in [0.4, 0.5) is 0 Å². The molecule has 2 aromatic rings. The van der Waals surface area contributed by atoms with E-state index in [0.717, 1.165) is 5.56 Å². The molecule has 4 nitrogen and oxygen atoms in total. The fraction of sp³-hybridized carbons (Fsp3) is 0.111. The Morgan fingerprint density at radius 1 is 1.23 bits per heavy atom. The van der Waals surface area contributed by atoms with Gasteiger partial charge in [0.1, 0.15) is 6.04 Å². The summed E-state index contributed by atoms with van der Waals surface area (Å²) in [7, 11) is 0. The zero-order chi connectivity index (χ0) is 9.10. The maximum Gasteiger partial charge on any atom is 0.247 e. The molecule has 1 heterocycles. The molecule has 0 aliphatic carbocycles. The number of benzene rings is 1. The fourth-order valence-electron chi connectivity index (χ4n) is 1.12. The van der Waals surface area contributed by atoms with Crippen LogP contribution >= 0.6 is 0 Å². The van der Waals surface area contributed by atoms with Crippen molar-refractivity contribution in [1.29, 1.82) is 0 Å². The average Bonchev–Trinajstić information content (AvgIpc) is 2.71. The zero-order valence-electron chi connectivity index (χ0n) is 6.92. The number of rotatable bonds is 2. The fourth-order valence-corrected chi connectivity index (χ4v) is 1.12. The summed E-state index contributed by atoms with van der Waals surface area (Å²) >= 11 is 0. The number of nitrogens with zero attached hydrogens (tertiary/aromatic N) is 2. The van der Waals surface area contributed by atoms with Gasteiger partial charge in [0.05, 0.1) is 0 Å². The summed E-state index contributed by atoms with van der Waals surface area (Å²) < 4.78 is 4.86. The Kier molecular flexibility index (Phi) is 2.06. The summed E-state index contributed by atoms with van der Waals surface area (Å²) in [4.78, 5) is 3.89. The van der Waals surface area contributed by atoms with Crippen LogP contribution in [0.3, 0.4) is 0 Å². The monoisotopic (exact) mass is 175 g/mol. The van der Waals surface area contributed by atoms with Crippen LogP contribution in [0.15, 0.2) is 41.2 Å². The minimum Gasteiger partial charge on any atom is -0.338 e. The zero-order valence-corrected chi connectivity index (χ0v) is 6.92. The second-order valence-electron chi connectivity index (χ2n) is 2.67. The molecule has 66 valence electrons. The van der Waals surface area contributed by atoms with Crippen molar-refractivity contribution in [3.63, 3.8) is 0 Å². The predicted octanol–water partition coefficient (Wildman–Crippen LogP) is 1.12. The number of hydrogen-bond acceptors (Lipinski definition) is 4. The van der Waals surface area contributed by atoms with Crippen molar-refractivity contribution in [3.8, 4) is 0 Å². The Balaban J connectivity index is 2.29. The maximum absolute atomic E-state index is 5.86. The van der Waals surface area contributed by atoms with E-state index in [-0.39, 0.29) is 6.04 Å². The van der Waals surface area contributed by atoms with Crippen molar-refractivity contribution in [2.24, 2.45) is 5.73 Å². The van der Waals surface area contributed by atoms with Crippen molar-refractivity contribution in [1.82, 2.24) is 10.1 Å². The number of hydrogen-bond donors (Lipinski definition) is 1. The quantitative estimate of drug-likeness (QED) is 0.742. The third-order valence-corrected chi connectivity index (χ3v) is 1.80. The van der Waals surface area contributed by atoms with E-state index >= 15 is 0 Å². The van der Waals surface area contributed by atoms with E-state index < -0.39 is 0 Å². The van der Waals surface area contributed by atoms with E-state index in [2.05, 4.69) is 10.1 Å². The molecule has 0 radical (unpaired) electrons. The van der Waals surface area contributed by atoms with E-state index in [0.29, 0.717) is 5.89 Å². The minimum absolute atomic E-state index is 0.330. The molecule has 0 fully saturated rings. The molecule has 0 bridgehead atoms. The highest BCUT2D eigenvalue weighted by Crippen LogP contribution is 2.15. The van der Waals surface area contributed by atoms with Gasteiger partial charge in [-0.15, -0.1) is 0 Å². The summed E-state index contributed by atoms with van der Waals surface area (Å²) in [6.07, 6.45) is 1.35. The van der Waals surface area contributed by atoms with Crippen molar-refractivity contribution >= 4 is 0 Å². The highest BCUT2D eigenvalue weighted by molar-refractivity contribution is 5.22. The summed E-state index contributed by atoms with van der Waals surface area (Å²) in [5.41, 5.74) is 6.83. The van der Waals surface area contributed by atoms with Crippen LogP contribution in [0.1, 0.15) is 17.5 Å². The second kappa shape index (κ2) is 3.37. The molecule has 0 aliphatic heterocycles. The number of nitrogens with two attached hydrogens (primary N) is 1. The van der Waals surface area contributed by atoms with Gasteiger partial charge in [-0.1, -0.05) is 35.5 Å². The molecule has 0 amide bonds. The van der Waals surface area contributed by atoms with Crippen LogP contribution in [0.5, 0.6) is 0 Å². The van der Waals surface area contributed by atoms with Gasteiger partial charge in [-0.05, 0) is 5.56 Å². The van der Waals surface area contributed by atoms with Gasteiger partial charge < -0.3 is 10.3 Å². The number of aromatic nitrogens is 2. The van der Waals surface area contributed by atoms with Crippen LogP contribution in [-0.2, 0) is 0 Å². The van der Waals surface area contributed by atoms with Crippen molar-refractivity contribution in [2.75, 3.05) is 0 Å². The summed E-state index contributed by atoms with van der Waals surface area (Å²) in [6.45, 7) is 0. The highest BCUT2D eigenvalue weighted by atomic mass is 16.5. The van der Waals surface area contributed by atoms with Gasteiger partial charge in [-0.2, -0.15) is 4.98 Å². The summed E-state index contributed by atoms with van der Waals surface area (Å²) in [6, 6.07) is 9.30. The molecular formula is C9H9N3O. The third-order valence-electron chi connectivity index (χ3n) is 1.80. The van der Waals surface area contributed by atoms with Crippen LogP contribution in [-0.4, -0.2) is 10.1 Å². The highest BCUT2D eigenvalue weighted by Gasteiger charge is 2.12. The Morgan fingerprint density at radius 3 is 2.62 bits per heavy atom. The minimum atomic E-state index is -0.330. The lowest BCUT2D eigenvalue weighted by Gasteiger charge is -2.05. The third kappa shape index (κ3) is 1.57. The lowest BCUT2D eigenvalue weighted by molar-refractivity contribution is 0.366. The lowest BCUT2D eigenvalue weighted by Crippen LogP contribution is -2.11. The van der Waals surface area contributed by atoms with Crippen molar-refractivity contribution in [2.45, 2.75) is 6.04 Å². The van der Waals surface area contributed by atoms with E-state index in [1.165, 1.54) is 6.33 Å². The van der Waals surface area contributed by atoms with Crippen molar-refractivity contribution in [3.05, 3.63) is 48.1 Å². The van der Waals surface area contributed by atoms with Crippen LogP contribution in [0.2, 0.25) is 0 Å². The molecule has 0 spiro atoms. The van der Waals surface area contributed by atoms with E-state index in [1.807, 2.05) is 30.3 Å². The second-order valence-corrected chi connectivity index (χ2v) is 2.67.